The third-order valence-electron chi connectivity index (χ3n) is 4.48. The summed E-state index contributed by atoms with van der Waals surface area (Å²) >= 11 is 0. The van der Waals surface area contributed by atoms with E-state index in [1.807, 2.05) is 24.3 Å². The molecular formula is C16H21NO2. The van der Waals surface area contributed by atoms with Crippen LogP contribution in [0.4, 0.5) is 0 Å². The quantitative estimate of drug-likeness (QED) is 0.856. The van der Waals surface area contributed by atoms with Crippen molar-refractivity contribution >= 4 is 5.91 Å². The van der Waals surface area contributed by atoms with Gasteiger partial charge < -0.3 is 10.4 Å². The summed E-state index contributed by atoms with van der Waals surface area (Å²) in [6, 6.07) is 7.78. The third kappa shape index (κ3) is 2.52. The molecule has 1 saturated carbocycles. The van der Waals surface area contributed by atoms with Crippen molar-refractivity contribution in [3.05, 3.63) is 35.4 Å². The lowest BCUT2D eigenvalue weighted by atomic mass is 9.88. The van der Waals surface area contributed by atoms with Gasteiger partial charge in [-0.25, -0.2) is 0 Å². The second-order valence-electron chi connectivity index (χ2n) is 5.79. The molecule has 3 nitrogen and oxygen atoms in total. The Balaban J connectivity index is 1.71. The zero-order chi connectivity index (χ0) is 13.2. The number of hydrogen-bond donors (Lipinski definition) is 2. The number of nitrogens with one attached hydrogen (secondary N) is 1. The van der Waals surface area contributed by atoms with Gasteiger partial charge in [0.2, 0.25) is 5.91 Å². The van der Waals surface area contributed by atoms with Crippen LogP contribution in [-0.4, -0.2) is 17.1 Å². The predicted molar refractivity (Wildman–Crippen MR) is 73.6 cm³/mol. The Labute approximate surface area is 114 Å². The van der Waals surface area contributed by atoms with Crippen LogP contribution in [0.1, 0.15) is 49.3 Å². The van der Waals surface area contributed by atoms with Gasteiger partial charge in [-0.05, 0) is 24.0 Å². The van der Waals surface area contributed by atoms with Crippen molar-refractivity contribution in [3.8, 4) is 0 Å². The standard InChI is InChI=1S/C16H21NO2/c18-14-10-12-8-4-5-9-13(12)15(14)17-16(19)11-6-2-1-3-7-11/h4-5,8-9,11,14-15,18H,1-3,6-7,10H2,(H,17,19)/t14-,15+/m1/s1. The van der Waals surface area contributed by atoms with Crippen LogP contribution in [0.5, 0.6) is 0 Å². The Kier molecular flexibility index (Phi) is 3.56. The van der Waals surface area contributed by atoms with Gasteiger partial charge in [0, 0.05) is 12.3 Å². The van der Waals surface area contributed by atoms with E-state index in [1.165, 1.54) is 6.42 Å². The summed E-state index contributed by atoms with van der Waals surface area (Å²) in [5.41, 5.74) is 2.24. The average Bonchev–Trinajstić information content (AvgIpc) is 2.76. The van der Waals surface area contributed by atoms with Crippen LogP contribution in [-0.2, 0) is 11.2 Å². The first-order valence-electron chi connectivity index (χ1n) is 7.32. The van der Waals surface area contributed by atoms with E-state index >= 15 is 0 Å². The molecule has 0 spiro atoms. The van der Waals surface area contributed by atoms with Crippen LogP contribution in [0.3, 0.4) is 0 Å². The van der Waals surface area contributed by atoms with E-state index in [9.17, 15) is 9.90 Å². The first-order valence-corrected chi connectivity index (χ1v) is 7.32. The zero-order valence-electron chi connectivity index (χ0n) is 11.1. The molecule has 102 valence electrons. The van der Waals surface area contributed by atoms with Crippen LogP contribution >= 0.6 is 0 Å². The number of benzene rings is 1. The van der Waals surface area contributed by atoms with Gasteiger partial charge in [-0.15, -0.1) is 0 Å². The minimum atomic E-state index is -0.482. The second kappa shape index (κ2) is 5.33. The molecule has 0 saturated heterocycles. The zero-order valence-corrected chi connectivity index (χ0v) is 11.1. The van der Waals surface area contributed by atoms with E-state index in [1.54, 1.807) is 0 Å². The molecule has 0 unspecified atom stereocenters. The van der Waals surface area contributed by atoms with Crippen molar-refractivity contribution in [2.45, 2.75) is 50.7 Å². The van der Waals surface area contributed by atoms with Crippen molar-refractivity contribution < 1.29 is 9.90 Å². The van der Waals surface area contributed by atoms with Crippen LogP contribution in [0.25, 0.3) is 0 Å². The lowest BCUT2D eigenvalue weighted by Gasteiger charge is -2.24. The van der Waals surface area contributed by atoms with Crippen molar-refractivity contribution in [2.75, 3.05) is 0 Å². The molecule has 3 heteroatoms. The van der Waals surface area contributed by atoms with Gasteiger partial charge in [-0.2, -0.15) is 0 Å². The molecule has 1 fully saturated rings. The molecule has 2 atom stereocenters. The highest BCUT2D eigenvalue weighted by atomic mass is 16.3. The molecule has 1 aromatic carbocycles. The largest absolute Gasteiger partial charge is 0.390 e. The number of fused-ring (bicyclic) bond motifs is 1. The Morgan fingerprint density at radius 2 is 1.89 bits per heavy atom. The van der Waals surface area contributed by atoms with E-state index in [2.05, 4.69) is 5.32 Å². The fourth-order valence-electron chi connectivity index (χ4n) is 3.38. The predicted octanol–water partition coefficient (Wildman–Crippen LogP) is 2.34. The van der Waals surface area contributed by atoms with Gasteiger partial charge in [0.1, 0.15) is 0 Å². The van der Waals surface area contributed by atoms with Crippen LogP contribution in [0, 0.1) is 5.92 Å². The maximum Gasteiger partial charge on any atom is 0.223 e. The molecule has 0 aromatic heterocycles. The molecule has 0 aliphatic heterocycles. The smallest absolute Gasteiger partial charge is 0.223 e. The summed E-state index contributed by atoms with van der Waals surface area (Å²) in [6.07, 6.45) is 5.71. The fourth-order valence-corrected chi connectivity index (χ4v) is 3.38. The van der Waals surface area contributed by atoms with Gasteiger partial charge in [-0.1, -0.05) is 43.5 Å². The highest BCUT2D eigenvalue weighted by Gasteiger charge is 2.33. The van der Waals surface area contributed by atoms with Crippen molar-refractivity contribution in [3.63, 3.8) is 0 Å². The minimum Gasteiger partial charge on any atom is -0.390 e. The summed E-state index contributed by atoms with van der Waals surface area (Å²) in [4.78, 5) is 12.3. The highest BCUT2D eigenvalue weighted by Crippen LogP contribution is 2.32. The third-order valence-corrected chi connectivity index (χ3v) is 4.48. The van der Waals surface area contributed by atoms with E-state index in [-0.39, 0.29) is 17.9 Å². The van der Waals surface area contributed by atoms with Crippen LogP contribution in [0.15, 0.2) is 24.3 Å². The van der Waals surface area contributed by atoms with Crippen molar-refractivity contribution in [1.29, 1.82) is 0 Å². The molecular weight excluding hydrogens is 238 g/mol. The van der Waals surface area contributed by atoms with E-state index in [0.29, 0.717) is 6.42 Å². The molecule has 3 rings (SSSR count). The van der Waals surface area contributed by atoms with Gasteiger partial charge in [0.15, 0.2) is 0 Å². The fraction of sp³-hybridized carbons (Fsp3) is 0.562. The van der Waals surface area contributed by atoms with E-state index in [4.69, 9.17) is 0 Å². The summed E-state index contributed by atoms with van der Waals surface area (Å²) in [5, 5.41) is 13.2. The number of carbonyl (C=O) groups excluding carboxylic acids is 1. The van der Waals surface area contributed by atoms with Gasteiger partial charge in [0.05, 0.1) is 12.1 Å². The SMILES string of the molecule is O=C(N[C@H]1c2ccccc2C[C@H]1O)C1CCCCC1. The van der Waals surface area contributed by atoms with Crippen molar-refractivity contribution in [1.82, 2.24) is 5.32 Å². The van der Waals surface area contributed by atoms with Crippen molar-refractivity contribution in [2.24, 2.45) is 5.92 Å². The molecule has 0 heterocycles. The number of aliphatic hydroxyl groups is 1. The molecule has 2 N–H and O–H groups in total. The molecule has 2 aliphatic carbocycles. The van der Waals surface area contributed by atoms with Crippen LogP contribution in [0.2, 0.25) is 0 Å². The second-order valence-corrected chi connectivity index (χ2v) is 5.79. The number of amides is 1. The molecule has 19 heavy (non-hydrogen) atoms. The molecule has 0 radical (unpaired) electrons. The monoisotopic (exact) mass is 259 g/mol. The Morgan fingerprint density at radius 3 is 2.68 bits per heavy atom. The molecule has 1 aromatic rings. The average molecular weight is 259 g/mol. The molecule has 0 bridgehead atoms. The maximum atomic E-state index is 12.3. The summed E-state index contributed by atoms with van der Waals surface area (Å²) < 4.78 is 0. The Hall–Kier alpha value is -1.35. The number of aliphatic hydroxyl groups excluding tert-OH is 1. The van der Waals surface area contributed by atoms with Crippen LogP contribution < -0.4 is 5.32 Å². The minimum absolute atomic E-state index is 0.125. The maximum absolute atomic E-state index is 12.3. The van der Waals surface area contributed by atoms with Gasteiger partial charge in [0.25, 0.3) is 0 Å². The van der Waals surface area contributed by atoms with Gasteiger partial charge >= 0.3 is 0 Å². The molecule has 2 aliphatic rings. The lowest BCUT2D eigenvalue weighted by molar-refractivity contribution is -0.127. The summed E-state index contributed by atoms with van der Waals surface area (Å²) in [7, 11) is 0. The first kappa shape index (κ1) is 12.7. The van der Waals surface area contributed by atoms with E-state index < -0.39 is 6.10 Å². The number of hydrogen-bond acceptors (Lipinski definition) is 2. The Morgan fingerprint density at radius 1 is 1.16 bits per heavy atom. The topological polar surface area (TPSA) is 49.3 Å². The van der Waals surface area contributed by atoms with Gasteiger partial charge in [-0.3, -0.25) is 4.79 Å². The number of carbonyl (C=O) groups is 1. The highest BCUT2D eigenvalue weighted by molar-refractivity contribution is 5.79. The first-order chi connectivity index (χ1) is 9.25. The molecule has 1 amide bonds. The number of rotatable bonds is 2. The Bertz CT molecular complexity index is 466. The summed E-state index contributed by atoms with van der Waals surface area (Å²) in [5.74, 6) is 0.272. The summed E-state index contributed by atoms with van der Waals surface area (Å²) in [6.45, 7) is 0. The lowest BCUT2D eigenvalue weighted by Crippen LogP contribution is -2.38. The van der Waals surface area contributed by atoms with E-state index in [0.717, 1.165) is 36.8 Å². The normalized spacial score (nSPS) is 27.0.